The van der Waals surface area contributed by atoms with Gasteiger partial charge in [0, 0.05) is 15.4 Å². The van der Waals surface area contributed by atoms with Crippen molar-refractivity contribution < 1.29 is 4.90 Å². The number of H-pyrrole nitrogens is 1. The highest BCUT2D eigenvalue weighted by Gasteiger charge is 2.11. The molecule has 1 aromatic carbocycles. The van der Waals surface area contributed by atoms with Crippen LogP contribution in [0.25, 0.3) is 21.9 Å². The lowest BCUT2D eigenvalue weighted by Crippen LogP contribution is -3.12. The van der Waals surface area contributed by atoms with E-state index < -0.39 is 0 Å². The highest BCUT2D eigenvalue weighted by atomic mass is 79.9. The minimum atomic E-state index is 0.879. The number of nitrogens with zero attached hydrogens (tertiary/aromatic N) is 2. The van der Waals surface area contributed by atoms with Crippen molar-refractivity contribution >= 4 is 43.7 Å². The number of aromatic nitrogens is 3. The monoisotopic (exact) mass is 362 g/mol. The Morgan fingerprint density at radius 3 is 2.82 bits per heavy atom. The highest BCUT2D eigenvalue weighted by molar-refractivity contribution is 9.10. The minimum Gasteiger partial charge on any atom is -0.363 e. The van der Waals surface area contributed by atoms with Crippen molar-refractivity contribution in [3.8, 4) is 0 Å². The van der Waals surface area contributed by atoms with E-state index in [1.807, 2.05) is 6.07 Å². The molecule has 5 nitrogen and oxygen atoms in total. The first-order valence-electron chi connectivity index (χ1n) is 7.72. The van der Waals surface area contributed by atoms with Gasteiger partial charge in [0.2, 0.25) is 0 Å². The molecule has 0 amide bonds. The molecule has 0 aliphatic heterocycles. The topological polar surface area (TPSA) is 58.0 Å². The Hall–Kier alpha value is -1.66. The Morgan fingerprint density at radius 2 is 2.05 bits per heavy atom. The number of rotatable bonds is 6. The van der Waals surface area contributed by atoms with Crippen molar-refractivity contribution in [1.82, 2.24) is 15.0 Å². The third kappa shape index (κ3) is 2.94. The maximum Gasteiger partial charge on any atom is 0.154 e. The van der Waals surface area contributed by atoms with Gasteiger partial charge in [-0.25, -0.2) is 9.97 Å². The number of aromatic amines is 1. The summed E-state index contributed by atoms with van der Waals surface area (Å²) in [5, 5.41) is 4.56. The van der Waals surface area contributed by atoms with E-state index in [9.17, 15) is 0 Å². The maximum atomic E-state index is 4.44. The molecule has 0 saturated heterocycles. The molecule has 22 heavy (non-hydrogen) atoms. The maximum absolute atomic E-state index is 4.44. The van der Waals surface area contributed by atoms with Gasteiger partial charge >= 0.3 is 0 Å². The molecule has 6 heteroatoms. The normalized spacial score (nSPS) is 11.6. The van der Waals surface area contributed by atoms with Crippen LogP contribution in [0, 0.1) is 0 Å². The fourth-order valence-electron chi connectivity index (χ4n) is 2.76. The van der Waals surface area contributed by atoms with Crippen LogP contribution in [0.3, 0.4) is 0 Å². The van der Waals surface area contributed by atoms with E-state index in [0.717, 1.165) is 58.4 Å². The average molecular weight is 363 g/mol. The number of benzene rings is 1. The third-order valence-corrected chi connectivity index (χ3v) is 4.61. The van der Waals surface area contributed by atoms with Crippen LogP contribution in [-0.4, -0.2) is 41.1 Å². The standard InChI is InChI=1S/C16H20BrN5/c1-3-22(4-2)8-7-18-16-15-14(19-10-20-16)12-9-11(17)5-6-13(12)21-15/h5-6,9-10,21H,3-4,7-8H2,1-2H3,(H,18,19,20)/p+1. The Labute approximate surface area is 138 Å². The Morgan fingerprint density at radius 1 is 1.23 bits per heavy atom. The lowest BCUT2D eigenvalue weighted by Gasteiger charge is -2.15. The number of quaternary nitrogens is 1. The molecular formula is C16H21BrN5+. The molecular weight excluding hydrogens is 342 g/mol. The predicted octanol–water partition coefficient (Wildman–Crippen LogP) is 2.21. The lowest BCUT2D eigenvalue weighted by atomic mass is 10.2. The van der Waals surface area contributed by atoms with E-state index in [4.69, 9.17) is 0 Å². The molecule has 2 aromatic heterocycles. The van der Waals surface area contributed by atoms with Crippen LogP contribution >= 0.6 is 15.9 Å². The molecule has 3 rings (SSSR count). The summed E-state index contributed by atoms with van der Waals surface area (Å²) in [5.41, 5.74) is 3.02. The van der Waals surface area contributed by atoms with Gasteiger partial charge in [-0.1, -0.05) is 15.9 Å². The smallest absolute Gasteiger partial charge is 0.154 e. The van der Waals surface area contributed by atoms with Crippen LogP contribution in [0.2, 0.25) is 0 Å². The predicted molar refractivity (Wildman–Crippen MR) is 94.5 cm³/mol. The van der Waals surface area contributed by atoms with Crippen LogP contribution < -0.4 is 10.2 Å². The number of anilines is 1. The fraction of sp³-hybridized carbons (Fsp3) is 0.375. The SMILES string of the molecule is CC[NH+](CC)CCNc1ncnc2c1[nH]c1ccc(Br)cc12. The number of likely N-dealkylation sites (N-methyl/N-ethyl adjacent to an activating group) is 1. The number of hydrogen-bond donors (Lipinski definition) is 3. The molecule has 0 spiro atoms. The summed E-state index contributed by atoms with van der Waals surface area (Å²) < 4.78 is 1.05. The van der Waals surface area contributed by atoms with Crippen molar-refractivity contribution in [2.45, 2.75) is 13.8 Å². The van der Waals surface area contributed by atoms with Gasteiger partial charge in [-0.15, -0.1) is 0 Å². The first kappa shape index (κ1) is 15.2. The van der Waals surface area contributed by atoms with Crippen molar-refractivity contribution in [1.29, 1.82) is 0 Å². The van der Waals surface area contributed by atoms with Gasteiger partial charge in [0.25, 0.3) is 0 Å². The summed E-state index contributed by atoms with van der Waals surface area (Å²) >= 11 is 3.52. The summed E-state index contributed by atoms with van der Waals surface area (Å²) in [4.78, 5) is 13.8. The summed E-state index contributed by atoms with van der Waals surface area (Å²) in [7, 11) is 0. The van der Waals surface area contributed by atoms with Crippen molar-refractivity contribution in [2.24, 2.45) is 0 Å². The number of nitrogens with one attached hydrogen (secondary N) is 3. The molecule has 3 aromatic rings. The molecule has 0 unspecified atom stereocenters. The van der Waals surface area contributed by atoms with Gasteiger partial charge in [-0.3, -0.25) is 0 Å². The second kappa shape index (κ2) is 6.62. The fourth-order valence-corrected chi connectivity index (χ4v) is 3.12. The molecule has 0 radical (unpaired) electrons. The van der Waals surface area contributed by atoms with E-state index >= 15 is 0 Å². The summed E-state index contributed by atoms with van der Waals surface area (Å²) in [6.07, 6.45) is 1.63. The number of halogens is 1. The van der Waals surface area contributed by atoms with Gasteiger partial charge in [0.1, 0.15) is 17.4 Å². The van der Waals surface area contributed by atoms with Crippen LogP contribution in [0.15, 0.2) is 29.0 Å². The zero-order valence-corrected chi connectivity index (χ0v) is 14.5. The largest absolute Gasteiger partial charge is 0.363 e. The highest BCUT2D eigenvalue weighted by Crippen LogP contribution is 2.29. The van der Waals surface area contributed by atoms with Gasteiger partial charge in [0.05, 0.1) is 26.2 Å². The summed E-state index contributed by atoms with van der Waals surface area (Å²) in [6.45, 7) is 8.73. The van der Waals surface area contributed by atoms with Gasteiger partial charge < -0.3 is 15.2 Å². The van der Waals surface area contributed by atoms with Crippen LogP contribution in [0.1, 0.15) is 13.8 Å². The van der Waals surface area contributed by atoms with E-state index in [0.29, 0.717) is 0 Å². The molecule has 0 atom stereocenters. The number of fused-ring (bicyclic) bond motifs is 3. The molecule has 0 fully saturated rings. The van der Waals surface area contributed by atoms with E-state index in [2.05, 4.69) is 62.2 Å². The van der Waals surface area contributed by atoms with E-state index in [-0.39, 0.29) is 0 Å². The second-order valence-corrected chi connectivity index (χ2v) is 6.31. The van der Waals surface area contributed by atoms with Crippen LogP contribution in [-0.2, 0) is 0 Å². The zero-order valence-electron chi connectivity index (χ0n) is 12.9. The number of hydrogen-bond acceptors (Lipinski definition) is 3. The van der Waals surface area contributed by atoms with Crippen LogP contribution in [0.5, 0.6) is 0 Å². The summed E-state index contributed by atoms with van der Waals surface area (Å²) in [5.74, 6) is 0.879. The third-order valence-electron chi connectivity index (χ3n) is 4.11. The molecule has 0 bridgehead atoms. The molecule has 0 aliphatic rings. The average Bonchev–Trinajstić information content (AvgIpc) is 2.90. The second-order valence-electron chi connectivity index (χ2n) is 5.39. The Kier molecular flexibility index (Phi) is 4.59. The van der Waals surface area contributed by atoms with Crippen LogP contribution in [0.4, 0.5) is 5.82 Å². The van der Waals surface area contributed by atoms with Gasteiger partial charge in [-0.2, -0.15) is 0 Å². The first-order valence-corrected chi connectivity index (χ1v) is 8.51. The molecule has 0 saturated carbocycles. The van der Waals surface area contributed by atoms with Crippen molar-refractivity contribution in [3.63, 3.8) is 0 Å². The zero-order chi connectivity index (χ0) is 15.5. The first-order chi connectivity index (χ1) is 10.7. The molecule has 0 aliphatic carbocycles. The summed E-state index contributed by atoms with van der Waals surface area (Å²) in [6, 6.07) is 6.18. The Bertz CT molecular complexity index is 779. The van der Waals surface area contributed by atoms with Crippen molar-refractivity contribution in [2.75, 3.05) is 31.5 Å². The van der Waals surface area contributed by atoms with Gasteiger partial charge in [-0.05, 0) is 32.0 Å². The molecule has 2 heterocycles. The lowest BCUT2D eigenvalue weighted by molar-refractivity contribution is -0.894. The van der Waals surface area contributed by atoms with Gasteiger partial charge in [0.15, 0.2) is 5.82 Å². The van der Waals surface area contributed by atoms with E-state index in [1.165, 1.54) is 0 Å². The van der Waals surface area contributed by atoms with E-state index in [1.54, 1.807) is 11.2 Å². The van der Waals surface area contributed by atoms with Crippen molar-refractivity contribution in [3.05, 3.63) is 29.0 Å². The molecule has 116 valence electrons. The molecule has 3 N–H and O–H groups in total. The minimum absolute atomic E-state index is 0.879. The Balaban J connectivity index is 1.89. The quantitative estimate of drug-likeness (QED) is 0.630.